The fourth-order valence-electron chi connectivity index (χ4n) is 2.67. The van der Waals surface area contributed by atoms with Crippen LogP contribution in [0.4, 0.5) is 4.79 Å². The Labute approximate surface area is 95.0 Å². The van der Waals surface area contributed by atoms with Crippen LogP contribution in [-0.4, -0.2) is 38.7 Å². The van der Waals surface area contributed by atoms with E-state index in [9.17, 15) is 9.59 Å². The first kappa shape index (κ1) is 11.2. The summed E-state index contributed by atoms with van der Waals surface area (Å²) < 4.78 is 0. The molecule has 0 spiro atoms. The predicted molar refractivity (Wildman–Crippen MR) is 57.7 cm³/mol. The van der Waals surface area contributed by atoms with Gasteiger partial charge in [0.05, 0.1) is 6.04 Å². The number of carbonyl (C=O) groups excluding carboxylic acids is 1. The van der Waals surface area contributed by atoms with Gasteiger partial charge in [-0.05, 0) is 26.7 Å². The molecule has 2 amide bonds. The van der Waals surface area contributed by atoms with E-state index in [0.717, 1.165) is 25.7 Å². The van der Waals surface area contributed by atoms with E-state index in [0.29, 0.717) is 0 Å². The summed E-state index contributed by atoms with van der Waals surface area (Å²) in [5, 5.41) is 11.8. The molecule has 1 saturated carbocycles. The maximum Gasteiger partial charge on any atom is 0.427 e. The van der Waals surface area contributed by atoms with Gasteiger partial charge in [-0.15, -0.1) is 0 Å². The first-order valence-electron chi connectivity index (χ1n) is 5.83. The van der Waals surface area contributed by atoms with Gasteiger partial charge in [0.15, 0.2) is 0 Å². The van der Waals surface area contributed by atoms with Crippen LogP contribution in [0.15, 0.2) is 0 Å². The third kappa shape index (κ3) is 1.45. The summed E-state index contributed by atoms with van der Waals surface area (Å²) in [5.41, 5.74) is -0.886. The van der Waals surface area contributed by atoms with E-state index >= 15 is 0 Å². The molecule has 16 heavy (non-hydrogen) atoms. The monoisotopic (exact) mass is 226 g/mol. The van der Waals surface area contributed by atoms with E-state index in [1.165, 1.54) is 16.4 Å². The molecule has 90 valence electrons. The first-order chi connectivity index (χ1) is 7.46. The Kier molecular flexibility index (Phi) is 2.56. The summed E-state index contributed by atoms with van der Waals surface area (Å²) in [4.78, 5) is 23.0. The zero-order valence-electron chi connectivity index (χ0n) is 9.77. The predicted octanol–water partition coefficient (Wildman–Crippen LogP) is 1.83. The maximum atomic E-state index is 11.9. The lowest BCUT2D eigenvalue weighted by molar-refractivity contribution is -0.213. The number of hydrogen-bond donors (Lipinski definition) is 1. The van der Waals surface area contributed by atoms with Crippen molar-refractivity contribution >= 4 is 12.0 Å². The molecule has 1 aliphatic heterocycles. The minimum atomic E-state index is -1.03. The van der Waals surface area contributed by atoms with Crippen LogP contribution in [-0.2, 0) is 4.79 Å². The summed E-state index contributed by atoms with van der Waals surface area (Å²) in [6, 6.07) is 0.0883. The SMILES string of the molecule is CC1(C)C(=O)N(C2CCCCC2)N1C(=O)O. The topological polar surface area (TPSA) is 60.9 Å². The second kappa shape index (κ2) is 3.64. The molecule has 1 N–H and O–H groups in total. The summed E-state index contributed by atoms with van der Waals surface area (Å²) >= 11 is 0. The molecule has 1 heterocycles. The molecule has 0 aromatic rings. The number of rotatable bonds is 1. The van der Waals surface area contributed by atoms with Crippen molar-refractivity contribution < 1.29 is 14.7 Å². The highest BCUT2D eigenvalue weighted by atomic mass is 16.4. The molecule has 0 radical (unpaired) electrons. The minimum absolute atomic E-state index is 0.0678. The number of carbonyl (C=O) groups is 2. The Morgan fingerprint density at radius 1 is 1.31 bits per heavy atom. The van der Waals surface area contributed by atoms with E-state index in [2.05, 4.69) is 0 Å². The number of nitrogens with zero attached hydrogens (tertiary/aromatic N) is 2. The van der Waals surface area contributed by atoms with E-state index in [4.69, 9.17) is 5.11 Å². The normalized spacial score (nSPS) is 25.5. The molecule has 0 unspecified atom stereocenters. The first-order valence-corrected chi connectivity index (χ1v) is 5.83. The van der Waals surface area contributed by atoms with Crippen LogP contribution in [0.1, 0.15) is 46.0 Å². The summed E-state index contributed by atoms with van der Waals surface area (Å²) in [5.74, 6) is -0.0678. The van der Waals surface area contributed by atoms with Crippen molar-refractivity contribution in [3.8, 4) is 0 Å². The van der Waals surface area contributed by atoms with Gasteiger partial charge in [-0.25, -0.2) is 14.8 Å². The molecule has 5 heteroatoms. The van der Waals surface area contributed by atoms with Gasteiger partial charge in [-0.2, -0.15) is 0 Å². The van der Waals surface area contributed by atoms with E-state index in [1.54, 1.807) is 13.8 Å². The average Bonchev–Trinajstić information content (AvgIpc) is 2.25. The van der Waals surface area contributed by atoms with Gasteiger partial charge in [-0.1, -0.05) is 19.3 Å². The molecule has 5 nitrogen and oxygen atoms in total. The van der Waals surface area contributed by atoms with Gasteiger partial charge in [0, 0.05) is 0 Å². The molecule has 1 aliphatic carbocycles. The molecule has 2 rings (SSSR count). The highest BCUT2D eigenvalue weighted by molar-refractivity contribution is 5.96. The van der Waals surface area contributed by atoms with Gasteiger partial charge in [-0.3, -0.25) is 4.79 Å². The standard InChI is InChI=1S/C11H18N2O3/c1-11(2)9(14)12(13(11)10(15)16)8-6-4-3-5-7-8/h8H,3-7H2,1-2H3,(H,15,16). The van der Waals surface area contributed by atoms with Gasteiger partial charge in [0.1, 0.15) is 5.54 Å². The molecule has 0 bridgehead atoms. The molecular weight excluding hydrogens is 208 g/mol. The quantitative estimate of drug-likeness (QED) is 0.742. The third-order valence-corrected chi connectivity index (χ3v) is 3.58. The third-order valence-electron chi connectivity index (χ3n) is 3.58. The molecule has 0 aromatic carbocycles. The Morgan fingerprint density at radius 2 is 1.88 bits per heavy atom. The maximum absolute atomic E-state index is 11.9. The lowest BCUT2D eigenvalue weighted by Gasteiger charge is -2.56. The summed E-state index contributed by atoms with van der Waals surface area (Å²) in [6.07, 6.45) is 4.17. The minimum Gasteiger partial charge on any atom is -0.464 e. The average molecular weight is 226 g/mol. The van der Waals surface area contributed by atoms with Crippen molar-refractivity contribution in [1.29, 1.82) is 0 Å². The van der Waals surface area contributed by atoms with Crippen LogP contribution in [0.25, 0.3) is 0 Å². The molecule has 2 fully saturated rings. The Morgan fingerprint density at radius 3 is 2.38 bits per heavy atom. The second-order valence-electron chi connectivity index (χ2n) is 5.09. The fraction of sp³-hybridized carbons (Fsp3) is 0.818. The number of carboxylic acid groups (broad SMARTS) is 1. The van der Waals surface area contributed by atoms with E-state index < -0.39 is 11.6 Å². The van der Waals surface area contributed by atoms with Gasteiger partial charge < -0.3 is 5.11 Å². The van der Waals surface area contributed by atoms with Crippen molar-refractivity contribution in [1.82, 2.24) is 10.0 Å². The van der Waals surface area contributed by atoms with Crippen molar-refractivity contribution in [3.63, 3.8) is 0 Å². The highest BCUT2D eigenvalue weighted by Crippen LogP contribution is 2.37. The van der Waals surface area contributed by atoms with Crippen molar-refractivity contribution in [3.05, 3.63) is 0 Å². The fourth-order valence-corrected chi connectivity index (χ4v) is 2.67. The zero-order chi connectivity index (χ0) is 11.9. The van der Waals surface area contributed by atoms with E-state index in [-0.39, 0.29) is 11.9 Å². The summed E-state index contributed by atoms with van der Waals surface area (Å²) in [7, 11) is 0. The number of hydrogen-bond acceptors (Lipinski definition) is 2. The molecular formula is C11H18N2O3. The van der Waals surface area contributed by atoms with Crippen LogP contribution < -0.4 is 0 Å². The second-order valence-corrected chi connectivity index (χ2v) is 5.09. The molecule has 0 aromatic heterocycles. The molecule has 0 atom stereocenters. The molecule has 2 aliphatic rings. The van der Waals surface area contributed by atoms with Crippen LogP contribution in [0.2, 0.25) is 0 Å². The van der Waals surface area contributed by atoms with Crippen molar-refractivity contribution in [2.24, 2.45) is 0 Å². The zero-order valence-corrected chi connectivity index (χ0v) is 9.77. The Balaban J connectivity index is 2.14. The van der Waals surface area contributed by atoms with Crippen LogP contribution in [0, 0.1) is 0 Å². The number of hydrazine groups is 1. The van der Waals surface area contributed by atoms with Gasteiger partial charge >= 0.3 is 6.09 Å². The van der Waals surface area contributed by atoms with Crippen LogP contribution in [0.3, 0.4) is 0 Å². The summed E-state index contributed by atoms with van der Waals surface area (Å²) in [6.45, 7) is 3.31. The Bertz CT molecular complexity index is 321. The smallest absolute Gasteiger partial charge is 0.427 e. The highest BCUT2D eigenvalue weighted by Gasteiger charge is 2.57. The largest absolute Gasteiger partial charge is 0.464 e. The number of amides is 2. The van der Waals surface area contributed by atoms with Gasteiger partial charge in [0.2, 0.25) is 0 Å². The van der Waals surface area contributed by atoms with Crippen molar-refractivity contribution in [2.75, 3.05) is 0 Å². The lowest BCUT2D eigenvalue weighted by atomic mass is 9.89. The molecule has 1 saturated heterocycles. The van der Waals surface area contributed by atoms with Gasteiger partial charge in [0.25, 0.3) is 5.91 Å². The Hall–Kier alpha value is -1.26. The van der Waals surface area contributed by atoms with Crippen LogP contribution in [0.5, 0.6) is 0 Å². The van der Waals surface area contributed by atoms with Crippen LogP contribution >= 0.6 is 0 Å². The lowest BCUT2D eigenvalue weighted by Crippen LogP contribution is -2.78. The van der Waals surface area contributed by atoms with Crippen molar-refractivity contribution in [2.45, 2.75) is 57.5 Å². The van der Waals surface area contributed by atoms with E-state index in [1.807, 2.05) is 0 Å².